The maximum atomic E-state index is 12.0. The van der Waals surface area contributed by atoms with Gasteiger partial charge < -0.3 is 4.74 Å². The molecular formula is C16H8BrClN2O4. The van der Waals surface area contributed by atoms with Crippen molar-refractivity contribution in [1.29, 1.82) is 0 Å². The van der Waals surface area contributed by atoms with Gasteiger partial charge in [-0.25, -0.2) is 9.79 Å². The second kappa shape index (κ2) is 6.54. The van der Waals surface area contributed by atoms with E-state index in [1.54, 1.807) is 6.08 Å². The third kappa shape index (κ3) is 3.37. The SMILES string of the molecule is O=C1OC(c2ccc(Cl)c([N+](=O)[O-])c2)=N/C1=C/c1cccc(Br)c1. The lowest BCUT2D eigenvalue weighted by Crippen LogP contribution is -2.06. The summed E-state index contributed by atoms with van der Waals surface area (Å²) in [6.45, 7) is 0. The lowest BCUT2D eigenvalue weighted by atomic mass is 10.2. The van der Waals surface area contributed by atoms with Crippen LogP contribution in [0.5, 0.6) is 0 Å². The van der Waals surface area contributed by atoms with Crippen LogP contribution in [0.25, 0.3) is 6.08 Å². The fourth-order valence-corrected chi connectivity index (χ4v) is 2.68. The van der Waals surface area contributed by atoms with Gasteiger partial charge in [0.25, 0.3) is 5.69 Å². The second-order valence-electron chi connectivity index (χ2n) is 4.81. The van der Waals surface area contributed by atoms with Gasteiger partial charge in [0.15, 0.2) is 5.70 Å². The molecule has 0 fully saturated rings. The Bertz CT molecular complexity index is 924. The van der Waals surface area contributed by atoms with Gasteiger partial charge in [-0.2, -0.15) is 0 Å². The molecule has 8 heteroatoms. The van der Waals surface area contributed by atoms with E-state index in [0.29, 0.717) is 5.56 Å². The molecule has 0 aliphatic carbocycles. The quantitative estimate of drug-likeness (QED) is 0.328. The first-order valence-electron chi connectivity index (χ1n) is 6.66. The summed E-state index contributed by atoms with van der Waals surface area (Å²) in [6, 6.07) is 11.4. The van der Waals surface area contributed by atoms with Crippen molar-refractivity contribution in [1.82, 2.24) is 0 Å². The molecule has 0 saturated heterocycles. The normalized spacial score (nSPS) is 15.3. The van der Waals surface area contributed by atoms with E-state index in [4.69, 9.17) is 16.3 Å². The van der Waals surface area contributed by atoms with Crippen LogP contribution >= 0.6 is 27.5 Å². The van der Waals surface area contributed by atoms with Crippen LogP contribution in [0.1, 0.15) is 11.1 Å². The molecule has 24 heavy (non-hydrogen) atoms. The maximum absolute atomic E-state index is 12.0. The fraction of sp³-hybridized carbons (Fsp3) is 0. The predicted octanol–water partition coefficient (Wildman–Crippen LogP) is 4.36. The molecule has 3 rings (SSSR count). The molecule has 2 aromatic rings. The Morgan fingerprint density at radius 2 is 2.04 bits per heavy atom. The van der Waals surface area contributed by atoms with Gasteiger partial charge in [0.2, 0.25) is 5.90 Å². The predicted molar refractivity (Wildman–Crippen MR) is 92.9 cm³/mol. The molecule has 6 nitrogen and oxygen atoms in total. The molecule has 1 aliphatic heterocycles. The third-order valence-electron chi connectivity index (χ3n) is 3.16. The minimum absolute atomic E-state index is 0.000938. The molecule has 0 atom stereocenters. The van der Waals surface area contributed by atoms with Gasteiger partial charge in [0, 0.05) is 16.1 Å². The molecule has 0 unspecified atom stereocenters. The number of halogens is 2. The van der Waals surface area contributed by atoms with Crippen LogP contribution in [0.2, 0.25) is 5.02 Å². The lowest BCUT2D eigenvalue weighted by molar-refractivity contribution is -0.384. The van der Waals surface area contributed by atoms with Gasteiger partial charge in [-0.1, -0.05) is 39.7 Å². The Hall–Kier alpha value is -2.51. The van der Waals surface area contributed by atoms with Crippen molar-refractivity contribution in [3.8, 4) is 0 Å². The van der Waals surface area contributed by atoms with Crippen LogP contribution in [-0.4, -0.2) is 16.8 Å². The second-order valence-corrected chi connectivity index (χ2v) is 6.14. The molecule has 2 aromatic carbocycles. The molecule has 120 valence electrons. The summed E-state index contributed by atoms with van der Waals surface area (Å²) < 4.78 is 5.96. The highest BCUT2D eigenvalue weighted by Gasteiger charge is 2.26. The van der Waals surface area contributed by atoms with E-state index in [2.05, 4.69) is 20.9 Å². The van der Waals surface area contributed by atoms with Gasteiger partial charge in [0.05, 0.1) is 4.92 Å². The van der Waals surface area contributed by atoms with Crippen molar-refractivity contribution in [2.75, 3.05) is 0 Å². The molecule has 0 radical (unpaired) electrons. The number of cyclic esters (lactones) is 1. The molecule has 0 amide bonds. The van der Waals surface area contributed by atoms with Crippen LogP contribution < -0.4 is 0 Å². The summed E-state index contributed by atoms with van der Waals surface area (Å²) in [6.07, 6.45) is 1.57. The first kappa shape index (κ1) is 16.4. The molecule has 0 spiro atoms. The minimum atomic E-state index is -0.623. The highest BCUT2D eigenvalue weighted by molar-refractivity contribution is 9.10. The summed E-state index contributed by atoms with van der Waals surface area (Å²) in [5.41, 5.74) is 0.901. The van der Waals surface area contributed by atoms with Crippen LogP contribution in [0, 0.1) is 10.1 Å². The van der Waals surface area contributed by atoms with Gasteiger partial charge in [-0.15, -0.1) is 0 Å². The number of hydrogen-bond acceptors (Lipinski definition) is 5. The van der Waals surface area contributed by atoms with Crippen molar-refractivity contribution < 1.29 is 14.5 Å². The Labute approximate surface area is 149 Å². The van der Waals surface area contributed by atoms with Crippen molar-refractivity contribution in [3.63, 3.8) is 0 Å². The average Bonchev–Trinajstić information content (AvgIpc) is 2.88. The number of ether oxygens (including phenoxy) is 1. The number of nitro benzene ring substituents is 1. The van der Waals surface area contributed by atoms with E-state index in [9.17, 15) is 14.9 Å². The van der Waals surface area contributed by atoms with Gasteiger partial charge in [-0.3, -0.25) is 10.1 Å². The number of nitro groups is 1. The number of carbonyl (C=O) groups is 1. The maximum Gasteiger partial charge on any atom is 0.363 e. The van der Waals surface area contributed by atoms with E-state index < -0.39 is 10.9 Å². The van der Waals surface area contributed by atoms with E-state index in [1.165, 1.54) is 18.2 Å². The van der Waals surface area contributed by atoms with Crippen LogP contribution in [0.15, 0.2) is 57.6 Å². The standard InChI is InChI=1S/C16H8BrClN2O4/c17-11-3-1-2-9(6-11)7-13-16(21)24-15(19-13)10-4-5-12(18)14(8-10)20(22)23/h1-8H/b13-7+. The molecule has 1 heterocycles. The summed E-state index contributed by atoms with van der Waals surface area (Å²) in [7, 11) is 0. The molecule has 1 aliphatic rings. The Balaban J connectivity index is 1.98. The summed E-state index contributed by atoms with van der Waals surface area (Å²) in [5.74, 6) is -0.622. The zero-order chi connectivity index (χ0) is 17.3. The Morgan fingerprint density at radius 1 is 1.25 bits per heavy atom. The fourth-order valence-electron chi connectivity index (χ4n) is 2.07. The molecule has 0 bridgehead atoms. The summed E-state index contributed by atoms with van der Waals surface area (Å²) >= 11 is 9.12. The van der Waals surface area contributed by atoms with Crippen LogP contribution in [-0.2, 0) is 9.53 Å². The first-order valence-corrected chi connectivity index (χ1v) is 7.83. The van der Waals surface area contributed by atoms with Crippen molar-refractivity contribution >= 4 is 51.2 Å². The van der Waals surface area contributed by atoms with E-state index in [1.807, 2.05) is 24.3 Å². The highest BCUT2D eigenvalue weighted by Crippen LogP contribution is 2.27. The van der Waals surface area contributed by atoms with Crippen LogP contribution in [0.3, 0.4) is 0 Å². The number of benzene rings is 2. The van der Waals surface area contributed by atoms with Crippen molar-refractivity contribution in [3.05, 3.63) is 78.9 Å². The van der Waals surface area contributed by atoms with Gasteiger partial charge in [-0.05, 0) is 35.9 Å². The largest absolute Gasteiger partial charge is 0.402 e. The van der Waals surface area contributed by atoms with Crippen molar-refractivity contribution in [2.24, 2.45) is 4.99 Å². The zero-order valence-corrected chi connectivity index (χ0v) is 14.2. The lowest BCUT2D eigenvalue weighted by Gasteiger charge is -2.00. The number of hydrogen-bond donors (Lipinski definition) is 0. The monoisotopic (exact) mass is 406 g/mol. The third-order valence-corrected chi connectivity index (χ3v) is 3.98. The molecule has 0 aromatic heterocycles. The Morgan fingerprint density at radius 3 is 2.75 bits per heavy atom. The van der Waals surface area contributed by atoms with E-state index in [0.717, 1.165) is 10.0 Å². The number of carbonyl (C=O) groups excluding carboxylic acids is 1. The van der Waals surface area contributed by atoms with Crippen LogP contribution in [0.4, 0.5) is 5.69 Å². The number of rotatable bonds is 3. The number of nitrogens with zero attached hydrogens (tertiary/aromatic N) is 2. The summed E-state index contributed by atoms with van der Waals surface area (Å²) in [4.78, 5) is 26.4. The van der Waals surface area contributed by atoms with Crippen molar-refractivity contribution in [2.45, 2.75) is 0 Å². The smallest absolute Gasteiger partial charge is 0.363 e. The molecule has 0 saturated carbocycles. The number of aliphatic imine (C=N–C) groups is 1. The summed E-state index contributed by atoms with van der Waals surface area (Å²) in [5, 5.41) is 10.9. The average molecular weight is 408 g/mol. The van der Waals surface area contributed by atoms with Gasteiger partial charge in [0.1, 0.15) is 5.02 Å². The number of esters is 1. The zero-order valence-electron chi connectivity index (χ0n) is 11.9. The highest BCUT2D eigenvalue weighted by atomic mass is 79.9. The van der Waals surface area contributed by atoms with E-state index in [-0.39, 0.29) is 22.3 Å². The topological polar surface area (TPSA) is 81.8 Å². The molecular weight excluding hydrogens is 400 g/mol. The first-order chi connectivity index (χ1) is 11.4. The Kier molecular flexibility index (Phi) is 4.46. The minimum Gasteiger partial charge on any atom is -0.402 e. The van der Waals surface area contributed by atoms with Gasteiger partial charge >= 0.3 is 5.97 Å². The van der Waals surface area contributed by atoms with E-state index >= 15 is 0 Å². The molecule has 0 N–H and O–H groups in total.